The van der Waals surface area contributed by atoms with Gasteiger partial charge in [-0.3, -0.25) is 4.79 Å². The Morgan fingerprint density at radius 1 is 1.19 bits per heavy atom. The number of alkyl halides is 3. The third kappa shape index (κ3) is 4.69. The van der Waals surface area contributed by atoms with E-state index < -0.39 is 51.2 Å². The first-order valence-corrected chi connectivity index (χ1v) is 12.5. The third-order valence-electron chi connectivity index (χ3n) is 4.49. The zero-order valence-corrected chi connectivity index (χ0v) is 18.4. The Bertz CT molecular complexity index is 1410. The van der Waals surface area contributed by atoms with Crippen molar-refractivity contribution < 1.29 is 35.6 Å². The molecule has 9 nitrogen and oxygen atoms in total. The molecule has 0 spiro atoms. The second-order valence-electron chi connectivity index (χ2n) is 6.60. The summed E-state index contributed by atoms with van der Waals surface area (Å²) in [7, 11) is -8.11. The van der Waals surface area contributed by atoms with Crippen LogP contribution in [0, 0.1) is 0 Å². The van der Waals surface area contributed by atoms with Gasteiger partial charge in [-0.05, 0) is 12.1 Å². The van der Waals surface area contributed by atoms with E-state index in [0.29, 0.717) is 10.7 Å². The normalized spacial score (nSPS) is 14.3. The SMILES string of the molecule is CCP(=O)(O)Oc1cnc(-n2ncc3ccc(C(F)(F)F)cc3c2=O)c(S(=O)(=O)CC)c1. The number of hydrogen-bond donors (Lipinski definition) is 1. The summed E-state index contributed by atoms with van der Waals surface area (Å²) in [5.41, 5.74) is -2.08. The quantitative estimate of drug-likeness (QED) is 0.521. The van der Waals surface area contributed by atoms with Crippen molar-refractivity contribution in [3.8, 4) is 11.6 Å². The monoisotopic (exact) mass is 491 g/mol. The van der Waals surface area contributed by atoms with Crippen LogP contribution in [-0.4, -0.2) is 40.0 Å². The summed E-state index contributed by atoms with van der Waals surface area (Å²) in [6.45, 7) is 2.71. The molecule has 2 heterocycles. The van der Waals surface area contributed by atoms with Crippen LogP contribution in [-0.2, 0) is 20.6 Å². The second kappa shape index (κ2) is 8.30. The number of rotatable bonds is 6. The van der Waals surface area contributed by atoms with Gasteiger partial charge in [0.05, 0.1) is 35.3 Å². The first-order valence-electron chi connectivity index (χ1n) is 9.13. The molecule has 1 N–H and O–H groups in total. The standard InChI is InChI=1S/C18H17F3N3O6PS/c1-3-31(26,27)30-13-8-15(32(28,29)4-2)16(22-10-13)24-17(25)14-7-12(18(19,20)21)6-5-11(14)9-23-24/h5-10H,3-4H2,1-2H3,(H,26,27). The number of pyridine rings is 1. The average molecular weight is 491 g/mol. The number of sulfone groups is 1. The van der Waals surface area contributed by atoms with Crippen molar-refractivity contribution in [1.82, 2.24) is 14.8 Å². The third-order valence-corrected chi connectivity index (χ3v) is 7.51. The summed E-state index contributed by atoms with van der Waals surface area (Å²) in [4.78, 5) is 25.9. The molecule has 0 aliphatic heterocycles. The highest BCUT2D eigenvalue weighted by Gasteiger charge is 2.31. The number of aromatic nitrogens is 3. The maximum atomic E-state index is 13.1. The molecule has 0 saturated carbocycles. The van der Waals surface area contributed by atoms with Gasteiger partial charge >= 0.3 is 13.8 Å². The van der Waals surface area contributed by atoms with E-state index in [0.717, 1.165) is 30.6 Å². The van der Waals surface area contributed by atoms with Gasteiger partial charge < -0.3 is 9.42 Å². The summed E-state index contributed by atoms with van der Waals surface area (Å²) >= 11 is 0. The Balaban J connectivity index is 2.27. The van der Waals surface area contributed by atoms with Crippen LogP contribution < -0.4 is 10.1 Å². The lowest BCUT2D eigenvalue weighted by Gasteiger charge is -2.15. The zero-order valence-electron chi connectivity index (χ0n) is 16.7. The van der Waals surface area contributed by atoms with Gasteiger partial charge in [-0.2, -0.15) is 23.0 Å². The second-order valence-corrected chi connectivity index (χ2v) is 10.9. The van der Waals surface area contributed by atoms with Gasteiger partial charge in [0.1, 0.15) is 10.6 Å². The van der Waals surface area contributed by atoms with Crippen LogP contribution in [0.15, 0.2) is 46.3 Å². The van der Waals surface area contributed by atoms with Crippen LogP contribution in [0.1, 0.15) is 19.4 Å². The molecule has 0 fully saturated rings. The maximum Gasteiger partial charge on any atom is 0.416 e. The topological polar surface area (TPSA) is 128 Å². The summed E-state index contributed by atoms with van der Waals surface area (Å²) in [5, 5.41) is 3.62. The first kappa shape index (κ1) is 23.9. The average Bonchev–Trinajstić information content (AvgIpc) is 2.73. The minimum absolute atomic E-state index is 0.114. The Morgan fingerprint density at radius 2 is 1.88 bits per heavy atom. The maximum absolute atomic E-state index is 13.1. The van der Waals surface area contributed by atoms with Gasteiger partial charge in [0.25, 0.3) is 5.56 Å². The van der Waals surface area contributed by atoms with E-state index in [9.17, 15) is 35.8 Å². The molecule has 2 aromatic heterocycles. The zero-order chi connectivity index (χ0) is 23.9. The largest absolute Gasteiger partial charge is 0.423 e. The molecule has 3 aromatic rings. The van der Waals surface area contributed by atoms with Crippen LogP contribution in [0.5, 0.6) is 5.75 Å². The van der Waals surface area contributed by atoms with Crippen LogP contribution in [0.2, 0.25) is 0 Å². The van der Waals surface area contributed by atoms with E-state index in [2.05, 4.69) is 10.1 Å². The summed E-state index contributed by atoms with van der Waals surface area (Å²) in [5.74, 6) is -1.23. The number of benzene rings is 1. The van der Waals surface area contributed by atoms with E-state index in [-0.39, 0.29) is 22.7 Å². The smallest absolute Gasteiger partial charge is 0.416 e. The van der Waals surface area contributed by atoms with Crippen molar-refractivity contribution in [2.45, 2.75) is 24.9 Å². The number of fused-ring (bicyclic) bond motifs is 1. The van der Waals surface area contributed by atoms with E-state index >= 15 is 0 Å². The molecule has 1 atom stereocenters. The molecule has 0 radical (unpaired) electrons. The molecule has 1 aromatic carbocycles. The fourth-order valence-corrected chi connectivity index (χ4v) is 4.29. The molecule has 3 rings (SSSR count). The fraction of sp³-hybridized carbons (Fsp3) is 0.278. The van der Waals surface area contributed by atoms with Gasteiger partial charge in [0, 0.05) is 11.5 Å². The van der Waals surface area contributed by atoms with Gasteiger partial charge in [-0.25, -0.2) is 18.0 Å². The molecule has 0 amide bonds. The minimum Gasteiger partial charge on any atom is -0.423 e. The van der Waals surface area contributed by atoms with E-state index in [1.54, 1.807) is 0 Å². The van der Waals surface area contributed by atoms with Crippen LogP contribution in [0.4, 0.5) is 13.2 Å². The number of nitrogens with zero attached hydrogens (tertiary/aromatic N) is 3. The Kier molecular flexibility index (Phi) is 6.20. The predicted molar refractivity (Wildman–Crippen MR) is 109 cm³/mol. The summed E-state index contributed by atoms with van der Waals surface area (Å²) in [6, 6.07) is 3.44. The molecule has 0 aliphatic carbocycles. The first-order chi connectivity index (χ1) is 14.8. The summed E-state index contributed by atoms with van der Waals surface area (Å²) < 4.78 is 81.8. The predicted octanol–water partition coefficient (Wildman–Crippen LogP) is 3.18. The lowest BCUT2D eigenvalue weighted by Crippen LogP contribution is -2.25. The van der Waals surface area contributed by atoms with Crippen LogP contribution >= 0.6 is 7.60 Å². The van der Waals surface area contributed by atoms with E-state index in [4.69, 9.17) is 4.52 Å². The molecule has 0 bridgehead atoms. The van der Waals surface area contributed by atoms with Crippen LogP contribution in [0.3, 0.4) is 0 Å². The minimum atomic E-state index is -4.69. The van der Waals surface area contributed by atoms with Crippen molar-refractivity contribution >= 4 is 28.2 Å². The van der Waals surface area contributed by atoms with Crippen molar-refractivity contribution in [3.05, 3.63) is 52.6 Å². The molecule has 172 valence electrons. The van der Waals surface area contributed by atoms with E-state index in [1.807, 2.05) is 0 Å². The van der Waals surface area contributed by atoms with Gasteiger partial charge in [-0.1, -0.05) is 19.9 Å². The molecular weight excluding hydrogens is 474 g/mol. The van der Waals surface area contributed by atoms with Crippen molar-refractivity contribution in [2.75, 3.05) is 11.9 Å². The highest BCUT2D eigenvalue weighted by molar-refractivity contribution is 7.91. The Hall–Kier alpha value is -2.76. The van der Waals surface area contributed by atoms with Crippen LogP contribution in [0.25, 0.3) is 16.6 Å². The number of hydrogen-bond acceptors (Lipinski definition) is 7. The lowest BCUT2D eigenvalue weighted by molar-refractivity contribution is -0.137. The molecular formula is C18H17F3N3O6PS. The Labute approximate surface area is 179 Å². The molecule has 0 aliphatic rings. The molecule has 1 unspecified atom stereocenters. The fourth-order valence-electron chi connectivity index (χ4n) is 2.71. The molecule has 32 heavy (non-hydrogen) atoms. The lowest BCUT2D eigenvalue weighted by atomic mass is 10.1. The van der Waals surface area contributed by atoms with Gasteiger partial charge in [0.2, 0.25) is 0 Å². The van der Waals surface area contributed by atoms with Gasteiger partial charge in [0.15, 0.2) is 15.7 Å². The van der Waals surface area contributed by atoms with E-state index in [1.165, 1.54) is 13.8 Å². The number of halogens is 3. The van der Waals surface area contributed by atoms with Gasteiger partial charge in [-0.15, -0.1) is 0 Å². The highest BCUT2D eigenvalue weighted by atomic mass is 32.2. The van der Waals surface area contributed by atoms with Crippen molar-refractivity contribution in [2.24, 2.45) is 0 Å². The van der Waals surface area contributed by atoms with Crippen molar-refractivity contribution in [1.29, 1.82) is 0 Å². The molecule has 14 heteroatoms. The highest BCUT2D eigenvalue weighted by Crippen LogP contribution is 2.42. The summed E-state index contributed by atoms with van der Waals surface area (Å²) in [6.07, 6.45) is -2.92. The molecule has 0 saturated heterocycles. The van der Waals surface area contributed by atoms with Crippen molar-refractivity contribution in [3.63, 3.8) is 0 Å². The Morgan fingerprint density at radius 3 is 2.47 bits per heavy atom.